The van der Waals surface area contributed by atoms with Crippen LogP contribution in [0.1, 0.15) is 10.6 Å². The molecule has 27 heavy (non-hydrogen) atoms. The second-order valence-electron chi connectivity index (χ2n) is 5.19. The first-order chi connectivity index (χ1) is 12.8. The second-order valence-corrected chi connectivity index (χ2v) is 8.41. The van der Waals surface area contributed by atoms with E-state index in [1.54, 1.807) is 6.07 Å². The van der Waals surface area contributed by atoms with Gasteiger partial charge in [-0.2, -0.15) is 8.42 Å². The van der Waals surface area contributed by atoms with Gasteiger partial charge in [-0.1, -0.05) is 39.1 Å². The first-order valence-corrected chi connectivity index (χ1v) is 10.3. The summed E-state index contributed by atoms with van der Waals surface area (Å²) in [5, 5.41) is 2.46. The number of amides is 1. The lowest BCUT2D eigenvalue weighted by Gasteiger charge is -2.11. The number of carbonyl (C=O) groups is 1. The maximum atomic E-state index is 12.5. The summed E-state index contributed by atoms with van der Waals surface area (Å²) >= 11 is 15.2. The molecule has 0 atom stereocenters. The van der Waals surface area contributed by atoms with Crippen molar-refractivity contribution < 1.29 is 21.8 Å². The van der Waals surface area contributed by atoms with E-state index < -0.39 is 16.0 Å². The summed E-state index contributed by atoms with van der Waals surface area (Å²) in [5.74, 6) is -0.256. The molecule has 0 unspecified atom stereocenters. The van der Waals surface area contributed by atoms with Crippen molar-refractivity contribution in [2.24, 2.45) is 0 Å². The Labute approximate surface area is 173 Å². The molecule has 2 aromatic carbocycles. The zero-order chi connectivity index (χ0) is 19.6. The molecule has 1 amide bonds. The van der Waals surface area contributed by atoms with Crippen molar-refractivity contribution in [2.75, 3.05) is 5.32 Å². The molecule has 0 bridgehead atoms. The van der Waals surface area contributed by atoms with Crippen LogP contribution >= 0.6 is 39.1 Å². The van der Waals surface area contributed by atoms with Crippen LogP contribution in [0.4, 0.5) is 5.69 Å². The van der Waals surface area contributed by atoms with Gasteiger partial charge in [-0.3, -0.25) is 4.79 Å². The van der Waals surface area contributed by atoms with Crippen molar-refractivity contribution in [3.8, 4) is 5.75 Å². The molecule has 0 fully saturated rings. The van der Waals surface area contributed by atoms with Gasteiger partial charge in [0.2, 0.25) is 0 Å². The predicted octanol–water partition coefficient (Wildman–Crippen LogP) is 5.37. The quantitative estimate of drug-likeness (QED) is 0.486. The molecule has 3 rings (SSSR count). The van der Waals surface area contributed by atoms with Crippen LogP contribution in [0.2, 0.25) is 10.0 Å². The summed E-state index contributed by atoms with van der Waals surface area (Å²) < 4.78 is 35.6. The van der Waals surface area contributed by atoms with Crippen molar-refractivity contribution >= 4 is 60.8 Å². The van der Waals surface area contributed by atoms with E-state index in [-0.39, 0.29) is 26.5 Å². The highest BCUT2D eigenvalue weighted by molar-refractivity contribution is 9.10. The van der Waals surface area contributed by atoms with E-state index in [1.165, 1.54) is 48.7 Å². The fraction of sp³-hybridized carbons (Fsp3) is 0. The molecule has 0 aliphatic rings. The van der Waals surface area contributed by atoms with E-state index in [2.05, 4.69) is 21.2 Å². The van der Waals surface area contributed by atoms with Crippen molar-refractivity contribution in [1.82, 2.24) is 0 Å². The first kappa shape index (κ1) is 19.8. The van der Waals surface area contributed by atoms with Crippen LogP contribution in [0.5, 0.6) is 5.75 Å². The minimum Gasteiger partial charge on any atom is -0.459 e. The van der Waals surface area contributed by atoms with Gasteiger partial charge >= 0.3 is 10.1 Å². The van der Waals surface area contributed by atoms with E-state index in [0.29, 0.717) is 10.2 Å². The van der Waals surface area contributed by atoms with Crippen molar-refractivity contribution in [2.45, 2.75) is 4.90 Å². The zero-order valence-corrected chi connectivity index (χ0v) is 17.2. The van der Waals surface area contributed by atoms with Crippen LogP contribution in [0.25, 0.3) is 0 Å². The van der Waals surface area contributed by atoms with E-state index in [0.717, 1.165) is 0 Å². The molecule has 1 N–H and O–H groups in total. The van der Waals surface area contributed by atoms with E-state index in [9.17, 15) is 13.2 Å². The van der Waals surface area contributed by atoms with E-state index in [4.69, 9.17) is 31.8 Å². The van der Waals surface area contributed by atoms with Crippen molar-refractivity contribution in [1.29, 1.82) is 0 Å². The average molecular weight is 491 g/mol. The van der Waals surface area contributed by atoms with Gasteiger partial charge in [0.1, 0.15) is 10.6 Å². The summed E-state index contributed by atoms with van der Waals surface area (Å²) in [4.78, 5) is 11.6. The Morgan fingerprint density at radius 1 is 1.07 bits per heavy atom. The highest BCUT2D eigenvalue weighted by atomic mass is 79.9. The Balaban J connectivity index is 1.77. The maximum Gasteiger partial charge on any atom is 0.342 e. The minimum atomic E-state index is -4.25. The number of nitrogens with one attached hydrogen (secondary N) is 1. The predicted molar refractivity (Wildman–Crippen MR) is 105 cm³/mol. The van der Waals surface area contributed by atoms with Gasteiger partial charge < -0.3 is 13.9 Å². The van der Waals surface area contributed by atoms with Crippen LogP contribution in [-0.2, 0) is 10.1 Å². The Hall–Kier alpha value is -2.00. The van der Waals surface area contributed by atoms with Gasteiger partial charge in [-0.25, -0.2) is 0 Å². The van der Waals surface area contributed by atoms with Gasteiger partial charge in [0.15, 0.2) is 5.76 Å². The Morgan fingerprint density at radius 2 is 1.70 bits per heavy atom. The lowest BCUT2D eigenvalue weighted by atomic mass is 10.3. The third-order valence-corrected chi connectivity index (χ3v) is 5.91. The monoisotopic (exact) mass is 489 g/mol. The summed E-state index contributed by atoms with van der Waals surface area (Å²) in [6.07, 6.45) is 1.38. The molecular formula is C17H10BrCl2NO5S. The second kappa shape index (κ2) is 7.93. The van der Waals surface area contributed by atoms with E-state index >= 15 is 0 Å². The molecule has 1 aromatic heterocycles. The standard InChI is InChI=1S/C17H10BrCl2NO5S/c18-10-8-13(19)16(14(20)9-10)27(23,24)26-12-5-3-11(4-6-12)21-17(22)15-2-1-7-25-15/h1-9H,(H,21,22). The third kappa shape index (κ3) is 4.65. The molecule has 140 valence electrons. The highest BCUT2D eigenvalue weighted by Crippen LogP contribution is 2.34. The molecule has 0 saturated carbocycles. The SMILES string of the molecule is O=C(Nc1ccc(OS(=O)(=O)c2c(Cl)cc(Br)cc2Cl)cc1)c1ccco1. The largest absolute Gasteiger partial charge is 0.459 e. The van der Waals surface area contributed by atoms with E-state index in [1.807, 2.05) is 0 Å². The smallest absolute Gasteiger partial charge is 0.342 e. The average Bonchev–Trinajstić information content (AvgIpc) is 3.09. The number of hydrogen-bond donors (Lipinski definition) is 1. The fourth-order valence-electron chi connectivity index (χ4n) is 2.13. The summed E-state index contributed by atoms with van der Waals surface area (Å²) in [5.41, 5.74) is 0.431. The number of hydrogen-bond acceptors (Lipinski definition) is 5. The topological polar surface area (TPSA) is 85.6 Å². The number of rotatable bonds is 5. The lowest BCUT2D eigenvalue weighted by molar-refractivity contribution is 0.0996. The Kier molecular flexibility index (Phi) is 5.81. The highest BCUT2D eigenvalue weighted by Gasteiger charge is 2.24. The Morgan fingerprint density at radius 3 is 2.26 bits per heavy atom. The lowest BCUT2D eigenvalue weighted by Crippen LogP contribution is -2.12. The van der Waals surface area contributed by atoms with Gasteiger partial charge in [-0.05, 0) is 48.5 Å². The number of halogens is 3. The molecule has 0 aliphatic heterocycles. The van der Waals surface area contributed by atoms with Crippen molar-refractivity contribution in [3.63, 3.8) is 0 Å². The Bertz CT molecular complexity index is 1060. The number of benzene rings is 2. The molecule has 6 nitrogen and oxygen atoms in total. The molecule has 0 aliphatic carbocycles. The van der Waals surface area contributed by atoms with Crippen LogP contribution in [0, 0.1) is 0 Å². The van der Waals surface area contributed by atoms with Gasteiger partial charge in [0, 0.05) is 10.2 Å². The molecular weight excluding hydrogens is 481 g/mol. The van der Waals surface area contributed by atoms with Crippen LogP contribution in [0.15, 0.2) is 68.6 Å². The third-order valence-electron chi connectivity index (χ3n) is 3.28. The first-order valence-electron chi connectivity index (χ1n) is 7.30. The van der Waals surface area contributed by atoms with Crippen LogP contribution in [-0.4, -0.2) is 14.3 Å². The normalized spacial score (nSPS) is 11.2. The molecule has 1 heterocycles. The molecule has 10 heteroatoms. The molecule has 3 aromatic rings. The number of anilines is 1. The van der Waals surface area contributed by atoms with Gasteiger partial charge in [-0.15, -0.1) is 0 Å². The summed E-state index contributed by atoms with van der Waals surface area (Å²) in [6.45, 7) is 0. The van der Waals surface area contributed by atoms with Gasteiger partial charge in [0.25, 0.3) is 5.91 Å². The van der Waals surface area contributed by atoms with Crippen molar-refractivity contribution in [3.05, 3.63) is 75.1 Å². The van der Waals surface area contributed by atoms with Crippen LogP contribution < -0.4 is 9.50 Å². The minimum absolute atomic E-state index is 0.0287. The zero-order valence-electron chi connectivity index (χ0n) is 13.3. The summed E-state index contributed by atoms with van der Waals surface area (Å²) in [6, 6.07) is 11.6. The molecule has 0 radical (unpaired) electrons. The molecule has 0 spiro atoms. The summed E-state index contributed by atoms with van der Waals surface area (Å²) in [7, 11) is -4.25. The van der Waals surface area contributed by atoms with Crippen LogP contribution in [0.3, 0.4) is 0 Å². The maximum absolute atomic E-state index is 12.5. The number of furan rings is 1. The fourth-order valence-corrected chi connectivity index (χ4v) is 4.95. The number of carbonyl (C=O) groups excluding carboxylic acids is 1. The van der Waals surface area contributed by atoms with Gasteiger partial charge in [0.05, 0.1) is 16.3 Å². The molecule has 0 saturated heterocycles.